The molecule has 4 N–H and O–H groups in total. The van der Waals surface area contributed by atoms with Crippen molar-refractivity contribution >= 4 is 0 Å². The zero-order valence-electron chi connectivity index (χ0n) is 10.3. The Kier molecular flexibility index (Phi) is 4.14. The Balaban J connectivity index is 2.12. The average molecular weight is 261 g/mol. The first kappa shape index (κ1) is 13.5. The molecule has 19 heavy (non-hydrogen) atoms. The molecule has 3 nitrogen and oxygen atoms in total. The predicted octanol–water partition coefficient (Wildman–Crippen LogP) is 2.13. The van der Waals surface area contributed by atoms with Gasteiger partial charge in [-0.3, -0.25) is 0 Å². The third kappa shape index (κ3) is 3.30. The maximum absolute atomic E-state index is 13.6. The number of hydrogen-bond acceptors (Lipinski definition) is 3. The predicted molar refractivity (Wildman–Crippen MR) is 71.1 cm³/mol. The minimum Gasteiger partial charge on any atom is -0.508 e. The van der Waals surface area contributed by atoms with Crippen molar-refractivity contribution in [1.82, 2.24) is 0 Å². The molecule has 0 saturated carbocycles. The second-order valence-electron chi connectivity index (χ2n) is 4.49. The fourth-order valence-corrected chi connectivity index (χ4v) is 1.98. The van der Waals surface area contributed by atoms with Crippen molar-refractivity contribution in [3.63, 3.8) is 0 Å². The van der Waals surface area contributed by atoms with Crippen molar-refractivity contribution < 1.29 is 14.6 Å². The molecule has 0 radical (unpaired) electrons. The Hall–Kier alpha value is -1.91. The number of phenolic OH excluding ortho intramolecular Hbond substituents is 1. The first-order valence-electron chi connectivity index (χ1n) is 6.04. The third-order valence-corrected chi connectivity index (χ3v) is 3.05. The van der Waals surface area contributed by atoms with Crippen LogP contribution in [0.4, 0.5) is 4.39 Å². The fourth-order valence-electron chi connectivity index (χ4n) is 1.98. The summed E-state index contributed by atoms with van der Waals surface area (Å²) < 4.78 is 13.6. The van der Waals surface area contributed by atoms with E-state index in [1.807, 2.05) is 30.3 Å². The summed E-state index contributed by atoms with van der Waals surface area (Å²) >= 11 is 0. The zero-order valence-corrected chi connectivity index (χ0v) is 10.3. The molecule has 100 valence electrons. The average Bonchev–Trinajstić information content (AvgIpc) is 2.39. The molecule has 0 unspecified atom stereocenters. The molecule has 0 aliphatic carbocycles. The maximum atomic E-state index is 13.6. The van der Waals surface area contributed by atoms with E-state index >= 15 is 0 Å². The third-order valence-electron chi connectivity index (χ3n) is 3.05. The molecule has 0 bridgehead atoms. The molecule has 0 aliphatic rings. The molecule has 0 amide bonds. The lowest BCUT2D eigenvalue weighted by atomic mass is 9.96. The number of phenols is 1. The largest absolute Gasteiger partial charge is 0.508 e. The van der Waals surface area contributed by atoms with Gasteiger partial charge in [0.1, 0.15) is 11.6 Å². The smallest absolute Gasteiger partial charge is 0.131 e. The summed E-state index contributed by atoms with van der Waals surface area (Å²) in [4.78, 5) is 0. The molecule has 2 rings (SSSR count). The van der Waals surface area contributed by atoms with Crippen LogP contribution in [0.15, 0.2) is 48.5 Å². The monoisotopic (exact) mass is 261 g/mol. The Morgan fingerprint density at radius 3 is 2.42 bits per heavy atom. The first-order valence-corrected chi connectivity index (χ1v) is 6.04. The number of halogens is 1. The lowest BCUT2D eigenvalue weighted by molar-refractivity contribution is 0.143. The van der Waals surface area contributed by atoms with Gasteiger partial charge in [0.05, 0.1) is 12.1 Å². The van der Waals surface area contributed by atoms with Gasteiger partial charge in [-0.05, 0) is 11.6 Å². The van der Waals surface area contributed by atoms with Crippen LogP contribution in [0.3, 0.4) is 0 Å². The summed E-state index contributed by atoms with van der Waals surface area (Å²) in [6.45, 7) is 0. The highest BCUT2D eigenvalue weighted by Gasteiger charge is 2.20. The molecular weight excluding hydrogens is 245 g/mol. The molecule has 0 saturated heterocycles. The van der Waals surface area contributed by atoms with Gasteiger partial charge < -0.3 is 15.9 Å². The van der Waals surface area contributed by atoms with Crippen LogP contribution in [-0.2, 0) is 6.42 Å². The molecule has 0 aliphatic heterocycles. The number of aliphatic hydroxyl groups is 1. The van der Waals surface area contributed by atoms with E-state index in [4.69, 9.17) is 10.8 Å². The second kappa shape index (κ2) is 5.82. The Morgan fingerprint density at radius 2 is 1.79 bits per heavy atom. The van der Waals surface area contributed by atoms with Crippen LogP contribution >= 0.6 is 0 Å². The Morgan fingerprint density at radius 1 is 1.11 bits per heavy atom. The van der Waals surface area contributed by atoms with Crippen LogP contribution in [0, 0.1) is 5.82 Å². The molecule has 0 spiro atoms. The number of aliphatic hydroxyl groups excluding tert-OH is 1. The van der Waals surface area contributed by atoms with Gasteiger partial charge in [-0.15, -0.1) is 0 Å². The molecule has 4 heteroatoms. The van der Waals surface area contributed by atoms with Gasteiger partial charge in [0.2, 0.25) is 0 Å². The number of nitrogens with two attached hydrogens (primary N) is 1. The Bertz CT molecular complexity index is 545. The summed E-state index contributed by atoms with van der Waals surface area (Å²) in [7, 11) is 0. The summed E-state index contributed by atoms with van der Waals surface area (Å²) in [5.41, 5.74) is 7.00. The minimum absolute atomic E-state index is 0.161. The van der Waals surface area contributed by atoms with Crippen molar-refractivity contribution in [2.45, 2.75) is 18.6 Å². The van der Waals surface area contributed by atoms with E-state index in [0.717, 1.165) is 11.6 Å². The van der Waals surface area contributed by atoms with E-state index in [0.29, 0.717) is 6.42 Å². The van der Waals surface area contributed by atoms with Gasteiger partial charge in [0.15, 0.2) is 0 Å². The summed E-state index contributed by atoms with van der Waals surface area (Å²) in [6, 6.07) is 12.3. The summed E-state index contributed by atoms with van der Waals surface area (Å²) in [5, 5.41) is 19.2. The van der Waals surface area contributed by atoms with Crippen molar-refractivity contribution in [3.05, 3.63) is 65.5 Å². The van der Waals surface area contributed by atoms with E-state index in [1.165, 1.54) is 12.1 Å². The normalized spacial score (nSPS) is 14.1. The molecule has 0 heterocycles. The summed E-state index contributed by atoms with van der Waals surface area (Å²) in [6.07, 6.45) is -0.538. The van der Waals surface area contributed by atoms with Gasteiger partial charge in [0.25, 0.3) is 0 Å². The highest BCUT2D eigenvalue weighted by Crippen LogP contribution is 2.23. The molecule has 0 aromatic heterocycles. The first-order chi connectivity index (χ1) is 9.08. The zero-order chi connectivity index (χ0) is 13.8. The molecule has 2 aromatic rings. The van der Waals surface area contributed by atoms with E-state index in [1.54, 1.807) is 0 Å². The van der Waals surface area contributed by atoms with Crippen LogP contribution in [0.5, 0.6) is 5.75 Å². The van der Waals surface area contributed by atoms with Gasteiger partial charge >= 0.3 is 0 Å². The number of rotatable bonds is 4. The minimum atomic E-state index is -0.888. The van der Waals surface area contributed by atoms with E-state index in [-0.39, 0.29) is 11.3 Å². The topological polar surface area (TPSA) is 66.5 Å². The van der Waals surface area contributed by atoms with E-state index in [2.05, 4.69) is 0 Å². The number of aromatic hydroxyl groups is 1. The molecule has 0 fully saturated rings. The van der Waals surface area contributed by atoms with Gasteiger partial charge in [-0.1, -0.05) is 36.4 Å². The van der Waals surface area contributed by atoms with Crippen molar-refractivity contribution in [2.75, 3.05) is 0 Å². The van der Waals surface area contributed by atoms with Gasteiger partial charge in [-0.2, -0.15) is 0 Å². The van der Waals surface area contributed by atoms with Crippen molar-refractivity contribution in [3.8, 4) is 5.75 Å². The Labute approximate surface area is 111 Å². The van der Waals surface area contributed by atoms with Gasteiger partial charge in [0, 0.05) is 18.1 Å². The SMILES string of the molecule is N[C@H](c1ccc(O)cc1F)[C@@H](O)Cc1ccccc1. The van der Waals surface area contributed by atoms with Gasteiger partial charge in [-0.25, -0.2) is 4.39 Å². The van der Waals surface area contributed by atoms with E-state index in [9.17, 15) is 9.50 Å². The van der Waals surface area contributed by atoms with Crippen LogP contribution in [0.1, 0.15) is 17.2 Å². The van der Waals surface area contributed by atoms with Crippen LogP contribution < -0.4 is 5.73 Å². The molecule has 2 aromatic carbocycles. The lowest BCUT2D eigenvalue weighted by Gasteiger charge is -2.20. The number of benzene rings is 2. The number of hydrogen-bond donors (Lipinski definition) is 3. The summed E-state index contributed by atoms with van der Waals surface area (Å²) in [5.74, 6) is -0.773. The van der Waals surface area contributed by atoms with Crippen LogP contribution in [0.2, 0.25) is 0 Å². The van der Waals surface area contributed by atoms with Crippen molar-refractivity contribution in [1.29, 1.82) is 0 Å². The van der Waals surface area contributed by atoms with E-state index < -0.39 is 18.0 Å². The molecule has 2 atom stereocenters. The molecular formula is C15H16FNO2. The lowest BCUT2D eigenvalue weighted by Crippen LogP contribution is -2.28. The van der Waals surface area contributed by atoms with Crippen LogP contribution in [0.25, 0.3) is 0 Å². The second-order valence-corrected chi connectivity index (χ2v) is 4.49. The highest BCUT2D eigenvalue weighted by molar-refractivity contribution is 5.30. The fraction of sp³-hybridized carbons (Fsp3) is 0.200. The quantitative estimate of drug-likeness (QED) is 0.790. The highest BCUT2D eigenvalue weighted by atomic mass is 19.1. The van der Waals surface area contributed by atoms with Crippen molar-refractivity contribution in [2.24, 2.45) is 5.73 Å². The van der Waals surface area contributed by atoms with Crippen LogP contribution in [-0.4, -0.2) is 16.3 Å². The standard InChI is InChI=1S/C15H16FNO2/c16-13-9-11(18)6-7-12(13)15(17)14(19)8-10-4-2-1-3-5-10/h1-7,9,14-15,18-19H,8,17H2/t14-,15+/m0/s1. The maximum Gasteiger partial charge on any atom is 0.131 e.